The maximum Gasteiger partial charge on any atom is 0.341 e. The fourth-order valence-corrected chi connectivity index (χ4v) is 4.27. The molecular weight excluding hydrogens is 475 g/mol. The molecule has 1 aromatic heterocycles. The Morgan fingerprint density at radius 2 is 1.91 bits per heavy atom. The number of benzene rings is 1. The first-order chi connectivity index (χ1) is 16.8. The van der Waals surface area contributed by atoms with Crippen molar-refractivity contribution in [3.8, 4) is 0 Å². The van der Waals surface area contributed by atoms with Crippen LogP contribution in [0.4, 0.5) is 10.1 Å². The highest BCUT2D eigenvalue weighted by Crippen LogP contribution is 2.38. The van der Waals surface area contributed by atoms with Crippen LogP contribution in [0, 0.1) is 5.82 Å². The molecule has 2 aliphatic rings. The first kappa shape index (κ1) is 24.6. The molecule has 10 nitrogen and oxygen atoms in total. The van der Waals surface area contributed by atoms with E-state index in [-0.39, 0.29) is 34.6 Å². The number of carboxylic acid groups (broad SMARTS) is 1. The smallest absolute Gasteiger partial charge is 0.341 e. The minimum absolute atomic E-state index is 0.0707. The largest absolute Gasteiger partial charge is 0.477 e. The number of nitrogens with one attached hydrogen (secondary N) is 3. The number of amides is 1. The number of anilines is 1. The van der Waals surface area contributed by atoms with Crippen LogP contribution in [0.3, 0.4) is 0 Å². The molecule has 4 N–H and O–H groups in total. The van der Waals surface area contributed by atoms with Crippen LogP contribution in [-0.4, -0.2) is 70.8 Å². The minimum Gasteiger partial charge on any atom is -0.477 e. The lowest BCUT2D eigenvalue weighted by Gasteiger charge is -2.36. The molecule has 2 fully saturated rings. The van der Waals surface area contributed by atoms with Crippen molar-refractivity contribution >= 4 is 45.8 Å². The Kier molecular flexibility index (Phi) is 7.31. The van der Waals surface area contributed by atoms with Gasteiger partial charge in [-0.15, -0.1) is 6.58 Å². The monoisotopic (exact) mass is 502 g/mol. The number of halogens is 1. The van der Waals surface area contributed by atoms with Gasteiger partial charge in [0.25, 0.3) is 5.91 Å². The molecule has 4 rings (SSSR count). The third kappa shape index (κ3) is 5.60. The molecule has 0 unspecified atom stereocenters. The van der Waals surface area contributed by atoms with E-state index in [0.29, 0.717) is 43.9 Å². The van der Waals surface area contributed by atoms with E-state index < -0.39 is 17.2 Å². The molecular formula is C23H27FN6O4S. The number of aromatic carboxylic acids is 1. The zero-order valence-corrected chi connectivity index (χ0v) is 19.9. The second kappa shape index (κ2) is 10.4. The van der Waals surface area contributed by atoms with Gasteiger partial charge in [-0.05, 0) is 37.2 Å². The summed E-state index contributed by atoms with van der Waals surface area (Å²) in [5.74, 6) is -2.14. The van der Waals surface area contributed by atoms with Crippen LogP contribution in [0.1, 0.15) is 29.2 Å². The number of thiocarbonyl (C=S) groups is 1. The Morgan fingerprint density at radius 1 is 1.20 bits per heavy atom. The maximum atomic E-state index is 15.1. The molecule has 0 spiro atoms. The summed E-state index contributed by atoms with van der Waals surface area (Å²) < 4.78 is 16.9. The number of nitrogens with zero attached hydrogens (tertiary/aromatic N) is 3. The van der Waals surface area contributed by atoms with Crippen molar-refractivity contribution in [1.29, 1.82) is 0 Å². The third-order valence-electron chi connectivity index (χ3n) is 6.07. The molecule has 1 aromatic carbocycles. The highest BCUT2D eigenvalue weighted by molar-refractivity contribution is 7.80. The summed E-state index contributed by atoms with van der Waals surface area (Å²) in [7, 11) is 0. The number of hydrogen-bond acceptors (Lipinski definition) is 6. The number of aromatic nitrogens is 1. The van der Waals surface area contributed by atoms with Crippen LogP contribution in [0.5, 0.6) is 0 Å². The maximum absolute atomic E-state index is 15.1. The number of pyridine rings is 1. The third-order valence-corrected chi connectivity index (χ3v) is 6.32. The molecule has 1 aliphatic carbocycles. The van der Waals surface area contributed by atoms with Crippen molar-refractivity contribution in [3.05, 3.63) is 52.6 Å². The molecule has 0 bridgehead atoms. The Bertz CT molecular complexity index is 1240. The van der Waals surface area contributed by atoms with Gasteiger partial charge in [-0.1, -0.05) is 6.08 Å². The van der Waals surface area contributed by atoms with E-state index in [1.165, 1.54) is 6.20 Å². The Hall–Kier alpha value is -3.51. The number of fused-ring (bicyclic) bond motifs is 1. The number of carboxylic acids is 1. The molecule has 186 valence electrons. The summed E-state index contributed by atoms with van der Waals surface area (Å²) in [5.41, 5.74) is 5.02. The topological polar surface area (TPSA) is 119 Å². The molecule has 1 saturated carbocycles. The van der Waals surface area contributed by atoms with Crippen LogP contribution in [-0.2, 0) is 4.79 Å². The van der Waals surface area contributed by atoms with Crippen molar-refractivity contribution in [2.45, 2.75) is 18.9 Å². The van der Waals surface area contributed by atoms with Gasteiger partial charge in [-0.2, -0.15) is 0 Å². The average Bonchev–Trinajstić information content (AvgIpc) is 3.67. The first-order valence-electron chi connectivity index (χ1n) is 11.3. The molecule has 0 atom stereocenters. The van der Waals surface area contributed by atoms with Crippen LogP contribution >= 0.6 is 12.2 Å². The van der Waals surface area contributed by atoms with Crippen molar-refractivity contribution in [1.82, 2.24) is 25.6 Å². The standard InChI is InChI=1S/C23H27FN6O4S/c1-2-5-25-23(35)27-26-20(31)13-28-6-8-29(9-7-28)19-11-18-15(10-17(19)24)21(32)16(22(33)34)12-30(18)14-3-4-14/h2,10-12,14H,1,3-9,13H2,(H,26,31)(H,33,34)(H2,25,27,35). The summed E-state index contributed by atoms with van der Waals surface area (Å²) in [6.07, 6.45) is 4.78. The lowest BCUT2D eigenvalue weighted by atomic mass is 10.1. The lowest BCUT2D eigenvalue weighted by Crippen LogP contribution is -2.53. The Balaban J connectivity index is 1.44. The summed E-state index contributed by atoms with van der Waals surface area (Å²) in [5, 5.41) is 12.6. The fourth-order valence-electron chi connectivity index (χ4n) is 4.13. The highest BCUT2D eigenvalue weighted by atomic mass is 32.1. The fraction of sp³-hybridized carbons (Fsp3) is 0.391. The summed E-state index contributed by atoms with van der Waals surface area (Å²) in [6, 6.07) is 2.89. The first-order valence-corrected chi connectivity index (χ1v) is 11.7. The van der Waals surface area contributed by atoms with Gasteiger partial charge in [0.15, 0.2) is 5.11 Å². The molecule has 35 heavy (non-hydrogen) atoms. The zero-order valence-electron chi connectivity index (χ0n) is 19.1. The van der Waals surface area contributed by atoms with E-state index >= 15 is 4.39 Å². The van der Waals surface area contributed by atoms with Gasteiger partial charge in [0.1, 0.15) is 11.4 Å². The highest BCUT2D eigenvalue weighted by Gasteiger charge is 2.28. The lowest BCUT2D eigenvalue weighted by molar-refractivity contribution is -0.122. The van der Waals surface area contributed by atoms with Crippen molar-refractivity contribution in [3.63, 3.8) is 0 Å². The number of piperazine rings is 1. The van der Waals surface area contributed by atoms with Gasteiger partial charge in [-0.25, -0.2) is 9.18 Å². The zero-order chi connectivity index (χ0) is 25.1. The van der Waals surface area contributed by atoms with Crippen LogP contribution in [0.25, 0.3) is 10.9 Å². The minimum atomic E-state index is -1.32. The van der Waals surface area contributed by atoms with Gasteiger partial charge in [0.2, 0.25) is 5.43 Å². The van der Waals surface area contributed by atoms with Gasteiger partial charge < -0.3 is 19.9 Å². The molecule has 12 heteroatoms. The van der Waals surface area contributed by atoms with Crippen LogP contribution < -0.4 is 26.5 Å². The summed E-state index contributed by atoms with van der Waals surface area (Å²) >= 11 is 5.02. The predicted molar refractivity (Wildman–Crippen MR) is 134 cm³/mol. The van der Waals surface area contributed by atoms with Gasteiger partial charge in [0.05, 0.1) is 17.7 Å². The quantitative estimate of drug-likeness (QED) is 0.250. The molecule has 2 aromatic rings. The van der Waals surface area contributed by atoms with Crippen LogP contribution in [0.2, 0.25) is 0 Å². The van der Waals surface area contributed by atoms with Crippen molar-refractivity contribution in [2.75, 3.05) is 44.2 Å². The number of rotatable bonds is 7. The van der Waals surface area contributed by atoms with E-state index in [4.69, 9.17) is 12.2 Å². The van der Waals surface area contributed by atoms with E-state index in [1.807, 2.05) is 9.80 Å². The van der Waals surface area contributed by atoms with Crippen molar-refractivity contribution in [2.24, 2.45) is 0 Å². The molecule has 1 saturated heterocycles. The summed E-state index contributed by atoms with van der Waals surface area (Å²) in [4.78, 5) is 40.2. The van der Waals surface area contributed by atoms with Gasteiger partial charge in [-0.3, -0.25) is 25.3 Å². The average molecular weight is 503 g/mol. The molecule has 2 heterocycles. The second-order valence-corrected chi connectivity index (χ2v) is 8.98. The number of carbonyl (C=O) groups is 2. The van der Waals surface area contributed by atoms with Crippen molar-refractivity contribution < 1.29 is 19.1 Å². The Morgan fingerprint density at radius 3 is 2.54 bits per heavy atom. The van der Waals surface area contributed by atoms with E-state index in [0.717, 1.165) is 18.9 Å². The van der Waals surface area contributed by atoms with E-state index in [9.17, 15) is 19.5 Å². The summed E-state index contributed by atoms with van der Waals surface area (Å²) in [6.45, 7) is 6.27. The number of hydrogen-bond donors (Lipinski definition) is 4. The van der Waals surface area contributed by atoms with Crippen LogP contribution in [0.15, 0.2) is 35.8 Å². The molecule has 1 amide bonds. The molecule has 0 radical (unpaired) electrons. The number of hydrazine groups is 1. The van der Waals surface area contributed by atoms with E-state index in [1.54, 1.807) is 16.7 Å². The Labute approximate surface area is 206 Å². The predicted octanol–water partition coefficient (Wildman–Crippen LogP) is 0.977. The number of carbonyl (C=O) groups excluding carboxylic acids is 1. The van der Waals surface area contributed by atoms with Gasteiger partial charge in [0, 0.05) is 50.3 Å². The SMILES string of the molecule is C=CCNC(=S)NNC(=O)CN1CCN(c2cc3c(cc2F)c(=O)c(C(=O)O)cn3C2CC2)CC1. The van der Waals surface area contributed by atoms with Gasteiger partial charge >= 0.3 is 5.97 Å². The second-order valence-electron chi connectivity index (χ2n) is 8.57. The molecule has 1 aliphatic heterocycles. The van der Waals surface area contributed by atoms with E-state index in [2.05, 4.69) is 22.7 Å². The normalized spacial score (nSPS) is 16.1.